The zero-order chi connectivity index (χ0) is 22.1. The fourth-order valence-corrected chi connectivity index (χ4v) is 4.66. The van der Waals surface area contributed by atoms with E-state index < -0.39 is 0 Å². The molecular weight excluding hydrogens is 370 g/mol. The first-order valence-electron chi connectivity index (χ1n) is 10.6. The lowest BCUT2D eigenvalue weighted by Gasteiger charge is -2.47. The molecule has 4 nitrogen and oxygen atoms in total. The van der Waals surface area contributed by atoms with Gasteiger partial charge in [-0.15, -0.1) is 0 Å². The molecule has 1 atom stereocenters. The zero-order valence-electron chi connectivity index (χ0n) is 18.8. The largest absolute Gasteiger partial charge is 0.366 e. The van der Waals surface area contributed by atoms with Gasteiger partial charge in [-0.25, -0.2) is 0 Å². The standard InChI is InChI=1S/C26H31N3O/c1-7-29-24-11-9-20(14-22(24)19(4)15-26(29,5)6)13-21(16-27)25(30)28-23-10-8-17(2)12-18(23)3/h8-14,19H,7,15H2,1-6H3,(H,28,30)/b21-13-/t19-/m0/s1. The van der Waals surface area contributed by atoms with E-state index in [1.165, 1.54) is 11.3 Å². The van der Waals surface area contributed by atoms with E-state index in [1.807, 2.05) is 38.1 Å². The average molecular weight is 402 g/mol. The minimum absolute atomic E-state index is 0.103. The number of nitriles is 1. The van der Waals surface area contributed by atoms with Crippen molar-refractivity contribution < 1.29 is 4.79 Å². The van der Waals surface area contributed by atoms with Crippen molar-refractivity contribution >= 4 is 23.4 Å². The molecule has 0 aliphatic carbocycles. The molecule has 0 spiro atoms. The molecule has 1 heterocycles. The van der Waals surface area contributed by atoms with E-state index in [0.717, 1.165) is 35.3 Å². The average Bonchev–Trinajstić information content (AvgIpc) is 2.68. The minimum atomic E-state index is -0.383. The first-order chi connectivity index (χ1) is 14.2. The monoisotopic (exact) mass is 401 g/mol. The van der Waals surface area contributed by atoms with Gasteiger partial charge in [-0.05, 0) is 87.9 Å². The number of carbonyl (C=O) groups is 1. The normalized spacial score (nSPS) is 17.8. The fourth-order valence-electron chi connectivity index (χ4n) is 4.66. The van der Waals surface area contributed by atoms with Crippen LogP contribution in [0.15, 0.2) is 42.0 Å². The van der Waals surface area contributed by atoms with Crippen LogP contribution in [0, 0.1) is 25.2 Å². The summed E-state index contributed by atoms with van der Waals surface area (Å²) in [6, 6.07) is 14.1. The number of nitrogens with zero attached hydrogens (tertiary/aromatic N) is 2. The number of anilines is 2. The second kappa shape index (κ2) is 8.36. The Labute approximate surface area is 180 Å². The third-order valence-electron chi connectivity index (χ3n) is 6.03. The number of nitrogens with one attached hydrogen (secondary N) is 1. The summed E-state index contributed by atoms with van der Waals surface area (Å²) in [5.74, 6) is 0.0345. The number of aryl methyl sites for hydroxylation is 2. The quantitative estimate of drug-likeness (QED) is 0.508. The topological polar surface area (TPSA) is 56.1 Å². The maximum atomic E-state index is 12.7. The van der Waals surface area contributed by atoms with Crippen LogP contribution < -0.4 is 10.2 Å². The fraction of sp³-hybridized carbons (Fsp3) is 0.385. The van der Waals surface area contributed by atoms with Gasteiger partial charge < -0.3 is 10.2 Å². The molecule has 0 bridgehead atoms. The van der Waals surface area contributed by atoms with Gasteiger partial charge in [0.05, 0.1) is 0 Å². The Bertz CT molecular complexity index is 1040. The second-order valence-corrected chi connectivity index (χ2v) is 8.92. The van der Waals surface area contributed by atoms with Gasteiger partial charge in [-0.2, -0.15) is 5.26 Å². The summed E-state index contributed by atoms with van der Waals surface area (Å²) in [5, 5.41) is 12.5. The molecule has 0 radical (unpaired) electrons. The summed E-state index contributed by atoms with van der Waals surface area (Å²) in [4.78, 5) is 15.2. The van der Waals surface area contributed by atoms with Crippen molar-refractivity contribution in [2.24, 2.45) is 0 Å². The smallest absolute Gasteiger partial charge is 0.266 e. The Morgan fingerprint density at radius 3 is 2.63 bits per heavy atom. The predicted octanol–water partition coefficient (Wildman–Crippen LogP) is 5.96. The Kier molecular flexibility index (Phi) is 6.03. The number of rotatable bonds is 4. The Morgan fingerprint density at radius 1 is 1.27 bits per heavy atom. The SMILES string of the molecule is CCN1c2ccc(/C=C(/C#N)C(=O)Nc3ccc(C)cc3C)cc2[C@@H](C)CC1(C)C. The highest BCUT2D eigenvalue weighted by Crippen LogP contribution is 2.43. The van der Waals surface area contributed by atoms with Gasteiger partial charge in [-0.1, -0.05) is 30.7 Å². The van der Waals surface area contributed by atoms with Gasteiger partial charge in [-0.3, -0.25) is 4.79 Å². The molecule has 1 N–H and O–H groups in total. The highest BCUT2D eigenvalue weighted by molar-refractivity contribution is 6.10. The molecule has 1 aliphatic heterocycles. The van der Waals surface area contributed by atoms with Crippen LogP contribution in [0.4, 0.5) is 11.4 Å². The van der Waals surface area contributed by atoms with Crippen LogP contribution in [-0.2, 0) is 4.79 Å². The van der Waals surface area contributed by atoms with Gasteiger partial charge in [0.1, 0.15) is 11.6 Å². The van der Waals surface area contributed by atoms with Crippen molar-refractivity contribution in [3.63, 3.8) is 0 Å². The maximum absolute atomic E-state index is 12.7. The first-order valence-corrected chi connectivity index (χ1v) is 10.6. The molecule has 1 aliphatic rings. The molecule has 2 aromatic carbocycles. The van der Waals surface area contributed by atoms with Crippen LogP contribution in [-0.4, -0.2) is 18.0 Å². The van der Waals surface area contributed by atoms with Crippen LogP contribution in [0.25, 0.3) is 6.08 Å². The van der Waals surface area contributed by atoms with E-state index >= 15 is 0 Å². The highest BCUT2D eigenvalue weighted by Gasteiger charge is 2.35. The highest BCUT2D eigenvalue weighted by atomic mass is 16.1. The van der Waals surface area contributed by atoms with Gasteiger partial charge in [0.2, 0.25) is 0 Å². The molecule has 30 heavy (non-hydrogen) atoms. The Hall–Kier alpha value is -3.06. The minimum Gasteiger partial charge on any atom is -0.366 e. The van der Waals surface area contributed by atoms with Crippen molar-refractivity contribution in [3.05, 3.63) is 64.2 Å². The number of carbonyl (C=O) groups excluding carboxylic acids is 1. The molecule has 0 saturated heterocycles. The van der Waals surface area contributed by atoms with Crippen molar-refractivity contribution in [1.82, 2.24) is 0 Å². The molecule has 2 aromatic rings. The van der Waals surface area contributed by atoms with E-state index in [4.69, 9.17) is 0 Å². The van der Waals surface area contributed by atoms with Crippen LogP contribution >= 0.6 is 0 Å². The summed E-state index contributed by atoms with van der Waals surface area (Å²) < 4.78 is 0. The molecule has 0 fully saturated rings. The lowest BCUT2D eigenvalue weighted by Crippen LogP contribution is -2.48. The zero-order valence-corrected chi connectivity index (χ0v) is 18.8. The second-order valence-electron chi connectivity index (χ2n) is 8.92. The van der Waals surface area contributed by atoms with Crippen molar-refractivity contribution in [3.8, 4) is 6.07 Å². The number of fused-ring (bicyclic) bond motifs is 1. The predicted molar refractivity (Wildman–Crippen MR) is 125 cm³/mol. The van der Waals surface area contributed by atoms with Crippen LogP contribution in [0.1, 0.15) is 62.3 Å². The van der Waals surface area contributed by atoms with Crippen LogP contribution in [0.5, 0.6) is 0 Å². The van der Waals surface area contributed by atoms with Gasteiger partial charge >= 0.3 is 0 Å². The Balaban J connectivity index is 1.91. The van der Waals surface area contributed by atoms with E-state index in [2.05, 4.69) is 56.1 Å². The number of benzene rings is 2. The molecule has 0 saturated carbocycles. The molecule has 1 amide bonds. The number of hydrogen-bond donors (Lipinski definition) is 1. The lowest BCUT2D eigenvalue weighted by atomic mass is 9.79. The van der Waals surface area contributed by atoms with Crippen molar-refractivity contribution in [2.45, 2.75) is 59.4 Å². The third kappa shape index (κ3) is 4.26. The molecule has 0 unspecified atom stereocenters. The molecule has 4 heteroatoms. The van der Waals surface area contributed by atoms with Crippen LogP contribution in [0.2, 0.25) is 0 Å². The maximum Gasteiger partial charge on any atom is 0.266 e. The van der Waals surface area contributed by atoms with Gasteiger partial charge in [0, 0.05) is 23.5 Å². The van der Waals surface area contributed by atoms with Gasteiger partial charge in [0.25, 0.3) is 5.91 Å². The molecule has 156 valence electrons. The summed E-state index contributed by atoms with van der Waals surface area (Å²) in [7, 11) is 0. The Morgan fingerprint density at radius 2 is 2.00 bits per heavy atom. The lowest BCUT2D eigenvalue weighted by molar-refractivity contribution is -0.112. The van der Waals surface area contributed by atoms with E-state index in [9.17, 15) is 10.1 Å². The molecule has 0 aromatic heterocycles. The van der Waals surface area contributed by atoms with E-state index in [1.54, 1.807) is 6.08 Å². The first kappa shape index (κ1) is 21.6. The summed E-state index contributed by atoms with van der Waals surface area (Å²) in [6.45, 7) is 13.9. The molecule has 3 rings (SSSR count). The summed E-state index contributed by atoms with van der Waals surface area (Å²) in [5.41, 5.74) is 6.46. The third-order valence-corrected chi connectivity index (χ3v) is 6.03. The van der Waals surface area contributed by atoms with Crippen molar-refractivity contribution in [2.75, 3.05) is 16.8 Å². The van der Waals surface area contributed by atoms with Crippen molar-refractivity contribution in [1.29, 1.82) is 5.26 Å². The van der Waals surface area contributed by atoms with E-state index in [0.29, 0.717) is 5.92 Å². The van der Waals surface area contributed by atoms with Gasteiger partial charge in [0.15, 0.2) is 0 Å². The van der Waals surface area contributed by atoms with E-state index in [-0.39, 0.29) is 17.0 Å². The molecular formula is C26H31N3O. The van der Waals surface area contributed by atoms with Crippen LogP contribution in [0.3, 0.4) is 0 Å². The summed E-state index contributed by atoms with van der Waals surface area (Å²) in [6.07, 6.45) is 2.75. The summed E-state index contributed by atoms with van der Waals surface area (Å²) >= 11 is 0. The number of amides is 1. The number of hydrogen-bond acceptors (Lipinski definition) is 3.